The number of aromatic nitrogens is 4. The number of nitrogens with zero attached hydrogens (tertiary/aromatic N) is 4. The van der Waals surface area contributed by atoms with Crippen molar-refractivity contribution in [2.75, 3.05) is 0 Å². The molecule has 0 saturated heterocycles. The fourth-order valence-electron chi connectivity index (χ4n) is 11.1. The number of thiophene rings is 1. The number of para-hydroxylation sites is 3. The Balaban J connectivity index is 1.07. The Morgan fingerprint density at radius 2 is 0.971 bits per heavy atom. The minimum atomic E-state index is 0.705. The van der Waals surface area contributed by atoms with Gasteiger partial charge in [0.25, 0.3) is 0 Å². The zero-order valence-electron chi connectivity index (χ0n) is 37.5. The van der Waals surface area contributed by atoms with Gasteiger partial charge in [-0.25, -0.2) is 9.97 Å². The average molecular weight is 911 g/mol. The molecule has 0 spiro atoms. The van der Waals surface area contributed by atoms with Crippen LogP contribution in [0.25, 0.3) is 142 Å². The predicted molar refractivity (Wildman–Crippen MR) is 293 cm³/mol. The maximum atomic E-state index is 7.20. The maximum Gasteiger partial charge on any atom is 0.160 e. The van der Waals surface area contributed by atoms with E-state index >= 15 is 0 Å². The van der Waals surface area contributed by atoms with E-state index in [0.717, 1.165) is 115 Å². The van der Waals surface area contributed by atoms with Crippen molar-refractivity contribution in [2.24, 2.45) is 0 Å². The van der Waals surface area contributed by atoms with Gasteiger partial charge in [0.1, 0.15) is 11.2 Å². The second kappa shape index (κ2) is 15.2. The molecule has 0 unspecified atom stereocenters. The van der Waals surface area contributed by atoms with E-state index in [1.54, 1.807) is 11.3 Å². The van der Waals surface area contributed by atoms with Gasteiger partial charge < -0.3 is 13.6 Å². The van der Waals surface area contributed by atoms with Crippen molar-refractivity contribution in [2.45, 2.75) is 0 Å². The number of benzene rings is 10. The monoisotopic (exact) mass is 910 g/mol. The van der Waals surface area contributed by atoms with E-state index in [1.807, 2.05) is 6.07 Å². The van der Waals surface area contributed by atoms with Crippen LogP contribution in [0.1, 0.15) is 0 Å². The lowest BCUT2D eigenvalue weighted by molar-refractivity contribution is 0.673. The van der Waals surface area contributed by atoms with Crippen LogP contribution in [-0.4, -0.2) is 19.1 Å². The Bertz CT molecular complexity index is 4510. The summed E-state index contributed by atoms with van der Waals surface area (Å²) < 4.78 is 14.3. The molecule has 15 aromatic rings. The fourth-order valence-corrected chi connectivity index (χ4v) is 12.3. The Kier molecular flexibility index (Phi) is 8.46. The summed E-state index contributed by atoms with van der Waals surface area (Å²) in [5.41, 5.74) is 16.7. The topological polar surface area (TPSA) is 48.8 Å². The highest BCUT2D eigenvalue weighted by Crippen LogP contribution is 2.49. The molecule has 10 aromatic carbocycles. The summed E-state index contributed by atoms with van der Waals surface area (Å²) in [5, 5.41) is 7.95. The van der Waals surface area contributed by atoms with Gasteiger partial charge >= 0.3 is 0 Å². The summed E-state index contributed by atoms with van der Waals surface area (Å²) in [6, 6.07) is 82.5. The molecule has 0 aliphatic heterocycles. The first-order valence-electron chi connectivity index (χ1n) is 23.7. The largest absolute Gasteiger partial charge is 0.455 e. The third kappa shape index (κ3) is 5.71. The Morgan fingerprint density at radius 3 is 1.67 bits per heavy atom. The SMILES string of the molecule is c1ccc(-c2nc(-c3cc(-c4ccccc4)c(-n4c5ccccc5c5c6oc7ccc8c9ccccc9n(-c9ccccc9)c8c7c6ccc54)c(-c4ccccc4)c3)c3sc4ccccc4c3n2)cc1. The molecule has 0 aliphatic rings. The lowest BCUT2D eigenvalue weighted by Crippen LogP contribution is -2.02. The maximum absolute atomic E-state index is 7.20. The zero-order chi connectivity index (χ0) is 45.9. The first kappa shape index (κ1) is 38.9. The van der Waals surface area contributed by atoms with Crippen molar-refractivity contribution in [1.82, 2.24) is 19.1 Å². The molecule has 0 saturated carbocycles. The lowest BCUT2D eigenvalue weighted by atomic mass is 9.91. The van der Waals surface area contributed by atoms with Crippen molar-refractivity contribution < 1.29 is 4.42 Å². The standard InChI is InChI=1S/C64H38N4OS/c1-5-19-39(20-6-1)49-37-42(58-63-59(47-29-15-18-32-55(47)70-63)66-64(65-58)41-23-9-3-10-24-41)38-50(40-21-7-2-8-22-40)60(49)68-52-31-17-14-28-46(52)56-53(68)35-33-48-57-54(69-62(48)56)36-34-45-44-27-13-16-30-51(44)67(61(45)57)43-25-11-4-12-26-43/h1-38H. The van der Waals surface area contributed by atoms with Crippen LogP contribution in [0.2, 0.25) is 0 Å². The van der Waals surface area contributed by atoms with Crippen LogP contribution in [0, 0.1) is 0 Å². The van der Waals surface area contributed by atoms with Crippen LogP contribution in [0.4, 0.5) is 0 Å². The summed E-state index contributed by atoms with van der Waals surface area (Å²) in [4.78, 5) is 10.8. The molecule has 0 amide bonds. The third-order valence-corrected chi connectivity index (χ3v) is 15.3. The Hall–Kier alpha value is -9.10. The minimum Gasteiger partial charge on any atom is -0.455 e. The molecule has 326 valence electrons. The molecule has 70 heavy (non-hydrogen) atoms. The second-order valence-corrected chi connectivity index (χ2v) is 19.1. The van der Waals surface area contributed by atoms with Crippen LogP contribution in [0.15, 0.2) is 235 Å². The van der Waals surface area contributed by atoms with Gasteiger partial charge in [-0.2, -0.15) is 0 Å². The lowest BCUT2D eigenvalue weighted by Gasteiger charge is -2.21. The van der Waals surface area contributed by atoms with Crippen molar-refractivity contribution in [3.63, 3.8) is 0 Å². The van der Waals surface area contributed by atoms with Gasteiger partial charge in [0.2, 0.25) is 0 Å². The van der Waals surface area contributed by atoms with Gasteiger partial charge in [0.15, 0.2) is 5.82 Å². The van der Waals surface area contributed by atoms with E-state index in [2.05, 4.69) is 234 Å². The molecule has 15 rings (SSSR count). The van der Waals surface area contributed by atoms with Gasteiger partial charge in [-0.3, -0.25) is 0 Å². The molecule has 0 N–H and O–H groups in total. The van der Waals surface area contributed by atoms with E-state index in [4.69, 9.17) is 14.4 Å². The number of fused-ring (bicyclic) bond motifs is 14. The second-order valence-electron chi connectivity index (χ2n) is 18.0. The number of rotatable bonds is 6. The van der Waals surface area contributed by atoms with Gasteiger partial charge in [0, 0.05) is 59.6 Å². The molecule has 6 heteroatoms. The van der Waals surface area contributed by atoms with E-state index < -0.39 is 0 Å². The molecule has 0 atom stereocenters. The predicted octanol–water partition coefficient (Wildman–Crippen LogP) is 17.6. The van der Waals surface area contributed by atoms with Crippen molar-refractivity contribution in [3.8, 4) is 56.3 Å². The normalized spacial score (nSPS) is 12.0. The Morgan fingerprint density at radius 1 is 0.400 bits per heavy atom. The summed E-state index contributed by atoms with van der Waals surface area (Å²) >= 11 is 1.76. The van der Waals surface area contributed by atoms with Crippen LogP contribution in [0.5, 0.6) is 0 Å². The van der Waals surface area contributed by atoms with Crippen LogP contribution < -0.4 is 0 Å². The van der Waals surface area contributed by atoms with Gasteiger partial charge in [-0.05, 0) is 77.9 Å². The molecule has 0 fully saturated rings. The molecule has 5 heterocycles. The van der Waals surface area contributed by atoms with Gasteiger partial charge in [-0.1, -0.05) is 164 Å². The highest BCUT2D eigenvalue weighted by molar-refractivity contribution is 7.26. The molecular formula is C64H38N4OS. The molecular weight excluding hydrogens is 873 g/mol. The molecule has 0 aliphatic carbocycles. The molecule has 0 bridgehead atoms. The fraction of sp³-hybridized carbons (Fsp3) is 0. The summed E-state index contributed by atoms with van der Waals surface area (Å²) in [6.45, 7) is 0. The number of hydrogen-bond donors (Lipinski definition) is 0. The quantitative estimate of drug-likeness (QED) is 0.167. The first-order chi connectivity index (χ1) is 34.7. The summed E-state index contributed by atoms with van der Waals surface area (Å²) in [5.74, 6) is 0.705. The Labute approximate surface area is 405 Å². The van der Waals surface area contributed by atoms with Gasteiger partial charge in [-0.15, -0.1) is 11.3 Å². The van der Waals surface area contributed by atoms with E-state index in [1.165, 1.54) is 21.0 Å². The minimum absolute atomic E-state index is 0.705. The van der Waals surface area contributed by atoms with E-state index in [-0.39, 0.29) is 0 Å². The van der Waals surface area contributed by atoms with Crippen molar-refractivity contribution >= 4 is 97.2 Å². The van der Waals surface area contributed by atoms with Gasteiger partial charge in [0.05, 0.1) is 54.4 Å². The van der Waals surface area contributed by atoms with Crippen LogP contribution in [-0.2, 0) is 0 Å². The van der Waals surface area contributed by atoms with E-state index in [9.17, 15) is 0 Å². The van der Waals surface area contributed by atoms with E-state index in [0.29, 0.717) is 5.82 Å². The molecule has 0 radical (unpaired) electrons. The average Bonchev–Trinajstić information content (AvgIpc) is 4.19. The third-order valence-electron chi connectivity index (χ3n) is 14.1. The number of hydrogen-bond acceptors (Lipinski definition) is 4. The highest BCUT2D eigenvalue weighted by Gasteiger charge is 2.27. The molecule has 5 nitrogen and oxygen atoms in total. The molecule has 5 aromatic heterocycles. The number of furan rings is 1. The van der Waals surface area contributed by atoms with Crippen molar-refractivity contribution in [3.05, 3.63) is 231 Å². The highest BCUT2D eigenvalue weighted by atomic mass is 32.1. The smallest absolute Gasteiger partial charge is 0.160 e. The van der Waals surface area contributed by atoms with Crippen LogP contribution in [0.3, 0.4) is 0 Å². The summed E-state index contributed by atoms with van der Waals surface area (Å²) in [6.07, 6.45) is 0. The summed E-state index contributed by atoms with van der Waals surface area (Å²) in [7, 11) is 0. The zero-order valence-corrected chi connectivity index (χ0v) is 38.4. The first-order valence-corrected chi connectivity index (χ1v) is 24.5. The van der Waals surface area contributed by atoms with Crippen molar-refractivity contribution in [1.29, 1.82) is 0 Å². The van der Waals surface area contributed by atoms with Crippen LogP contribution >= 0.6 is 11.3 Å².